The van der Waals surface area contributed by atoms with Crippen LogP contribution in [-0.2, 0) is 12.4 Å². The Morgan fingerprint density at radius 3 is 2.24 bits per heavy atom. The van der Waals surface area contributed by atoms with Crippen LogP contribution in [0.15, 0.2) is 60.7 Å². The number of anilines is 1. The molecular weight excluding hydrogens is 450 g/mol. The van der Waals surface area contributed by atoms with Crippen LogP contribution in [0, 0.1) is 6.92 Å². The first-order chi connectivity index (χ1) is 15.4. The lowest BCUT2D eigenvalue weighted by Crippen LogP contribution is -2.16. The summed E-state index contributed by atoms with van der Waals surface area (Å²) in [6, 6.07) is 12.4. The van der Waals surface area contributed by atoms with Gasteiger partial charge in [-0.3, -0.25) is 4.79 Å². The Balaban J connectivity index is 1.74. The second kappa shape index (κ2) is 7.91. The van der Waals surface area contributed by atoms with Gasteiger partial charge in [0.2, 0.25) is 0 Å². The molecule has 0 unspecified atom stereocenters. The third-order valence-electron chi connectivity index (χ3n) is 4.75. The van der Waals surface area contributed by atoms with Crippen LogP contribution in [0.1, 0.15) is 27.3 Å². The average molecular weight is 464 g/mol. The molecule has 170 valence electrons. The maximum Gasteiger partial charge on any atom is 0.433 e. The second-order valence-corrected chi connectivity index (χ2v) is 7.22. The molecule has 11 heteroatoms. The van der Waals surface area contributed by atoms with E-state index in [2.05, 4.69) is 15.4 Å². The third-order valence-corrected chi connectivity index (χ3v) is 4.75. The quantitative estimate of drug-likeness (QED) is 0.379. The molecule has 0 saturated carbocycles. The molecule has 0 spiro atoms. The Hall–Kier alpha value is -3.89. The number of aryl methyl sites for hydroxylation is 1. The predicted octanol–water partition coefficient (Wildman–Crippen LogP) is 5.99. The van der Waals surface area contributed by atoms with Gasteiger partial charge in [-0.15, -0.1) is 0 Å². The van der Waals surface area contributed by atoms with Crippen LogP contribution in [0.3, 0.4) is 0 Å². The van der Waals surface area contributed by atoms with Crippen LogP contribution in [0.2, 0.25) is 0 Å². The molecule has 2 aromatic heterocycles. The molecule has 0 bridgehead atoms. The first-order valence-corrected chi connectivity index (χ1v) is 9.45. The number of amides is 1. The van der Waals surface area contributed by atoms with E-state index in [0.29, 0.717) is 16.1 Å². The summed E-state index contributed by atoms with van der Waals surface area (Å²) in [5, 5.41) is 5.91. The van der Waals surface area contributed by atoms with Gasteiger partial charge in [0, 0.05) is 17.3 Å². The van der Waals surface area contributed by atoms with Gasteiger partial charge >= 0.3 is 12.4 Å². The number of fused-ring (bicyclic) bond motifs is 1. The Bertz CT molecular complexity index is 1340. The zero-order valence-corrected chi connectivity index (χ0v) is 16.8. The highest BCUT2D eigenvalue weighted by atomic mass is 19.4. The average Bonchev–Trinajstić information content (AvgIpc) is 3.17. The normalized spacial score (nSPS) is 12.2. The van der Waals surface area contributed by atoms with Crippen LogP contribution in [0.4, 0.5) is 32.0 Å². The Morgan fingerprint density at radius 1 is 0.909 bits per heavy atom. The summed E-state index contributed by atoms with van der Waals surface area (Å²) >= 11 is 0. The van der Waals surface area contributed by atoms with Gasteiger partial charge in [-0.2, -0.15) is 31.4 Å². The summed E-state index contributed by atoms with van der Waals surface area (Å²) in [6.07, 6.45) is -9.43. The fraction of sp³-hybridized carbons (Fsp3) is 0.136. The molecule has 1 N–H and O–H groups in total. The highest BCUT2D eigenvalue weighted by molar-refractivity contribution is 6.03. The van der Waals surface area contributed by atoms with E-state index in [-0.39, 0.29) is 17.0 Å². The van der Waals surface area contributed by atoms with Gasteiger partial charge in [0.05, 0.1) is 11.3 Å². The van der Waals surface area contributed by atoms with Crippen molar-refractivity contribution >= 4 is 17.2 Å². The number of rotatable bonds is 3. The molecule has 0 aliphatic heterocycles. The van der Waals surface area contributed by atoms with Crippen LogP contribution >= 0.6 is 0 Å². The van der Waals surface area contributed by atoms with E-state index >= 15 is 0 Å². The smallest absolute Gasteiger partial charge is 0.321 e. The van der Waals surface area contributed by atoms with Crippen LogP contribution < -0.4 is 5.32 Å². The second-order valence-electron chi connectivity index (χ2n) is 7.22. The Morgan fingerprint density at radius 2 is 1.61 bits per heavy atom. The van der Waals surface area contributed by atoms with E-state index in [0.717, 1.165) is 29.8 Å². The molecule has 0 fully saturated rings. The summed E-state index contributed by atoms with van der Waals surface area (Å²) in [7, 11) is 0. The van der Waals surface area contributed by atoms with Gasteiger partial charge in [0.25, 0.3) is 5.91 Å². The van der Waals surface area contributed by atoms with Crippen molar-refractivity contribution in [3.8, 4) is 11.3 Å². The van der Waals surface area contributed by atoms with E-state index in [9.17, 15) is 31.1 Å². The minimum atomic E-state index is -4.80. The molecule has 2 aromatic carbocycles. The van der Waals surface area contributed by atoms with Crippen LogP contribution in [-0.4, -0.2) is 20.5 Å². The van der Waals surface area contributed by atoms with Crippen molar-refractivity contribution in [2.75, 3.05) is 5.32 Å². The molecular formula is C22H14F6N4O. The van der Waals surface area contributed by atoms with Gasteiger partial charge in [-0.05, 0) is 31.2 Å². The first kappa shape index (κ1) is 22.3. The highest BCUT2D eigenvalue weighted by Crippen LogP contribution is 2.33. The third kappa shape index (κ3) is 4.66. The monoisotopic (exact) mass is 464 g/mol. The molecule has 4 aromatic rings. The van der Waals surface area contributed by atoms with Gasteiger partial charge in [0.15, 0.2) is 17.0 Å². The van der Waals surface area contributed by atoms with Gasteiger partial charge in [-0.1, -0.05) is 35.9 Å². The molecule has 2 heterocycles. The van der Waals surface area contributed by atoms with Crippen molar-refractivity contribution in [2.45, 2.75) is 19.3 Å². The van der Waals surface area contributed by atoms with Crippen LogP contribution in [0.25, 0.3) is 16.9 Å². The molecule has 0 aliphatic rings. The van der Waals surface area contributed by atoms with Crippen molar-refractivity contribution < 1.29 is 31.1 Å². The lowest BCUT2D eigenvalue weighted by molar-refractivity contribution is -0.142. The zero-order valence-electron chi connectivity index (χ0n) is 16.8. The zero-order chi connectivity index (χ0) is 24.0. The van der Waals surface area contributed by atoms with Crippen molar-refractivity contribution in [3.63, 3.8) is 0 Å². The first-order valence-electron chi connectivity index (χ1n) is 9.45. The number of carbonyl (C=O) groups is 1. The summed E-state index contributed by atoms with van der Waals surface area (Å²) < 4.78 is 80.2. The number of aromatic nitrogens is 3. The fourth-order valence-corrected chi connectivity index (χ4v) is 3.13. The van der Waals surface area contributed by atoms with E-state index in [1.165, 1.54) is 6.07 Å². The SMILES string of the molecule is Cc1ccc(-c2cc(C(F)(F)F)n3nc(C(=O)Nc4cccc(C(F)(F)F)c4)cc3n2)cc1. The fourth-order valence-electron chi connectivity index (χ4n) is 3.13. The lowest BCUT2D eigenvalue weighted by atomic mass is 10.1. The van der Waals surface area contributed by atoms with Crippen molar-refractivity contribution in [3.05, 3.63) is 83.2 Å². The molecule has 0 atom stereocenters. The standard InChI is InChI=1S/C22H14F6N4O/c1-12-5-7-13(8-6-12)16-10-18(22(26,27)28)32-19(30-16)11-17(31-32)20(33)29-15-4-2-3-14(9-15)21(23,24)25/h2-11H,1H3,(H,29,33). The van der Waals surface area contributed by atoms with E-state index in [4.69, 9.17) is 0 Å². The number of alkyl halides is 6. The minimum absolute atomic E-state index is 0.0274. The van der Waals surface area contributed by atoms with Crippen molar-refractivity contribution in [2.24, 2.45) is 0 Å². The van der Waals surface area contributed by atoms with Gasteiger partial charge < -0.3 is 5.32 Å². The van der Waals surface area contributed by atoms with Crippen molar-refractivity contribution in [1.29, 1.82) is 0 Å². The topological polar surface area (TPSA) is 59.3 Å². The molecule has 1 amide bonds. The lowest BCUT2D eigenvalue weighted by Gasteiger charge is -2.11. The maximum absolute atomic E-state index is 13.7. The number of hydrogen-bond acceptors (Lipinski definition) is 3. The van der Waals surface area contributed by atoms with E-state index < -0.39 is 35.2 Å². The highest BCUT2D eigenvalue weighted by Gasteiger charge is 2.36. The number of halogens is 6. The number of benzene rings is 2. The number of nitrogens with one attached hydrogen (secondary N) is 1. The predicted molar refractivity (Wildman–Crippen MR) is 108 cm³/mol. The summed E-state index contributed by atoms with van der Waals surface area (Å²) in [6.45, 7) is 1.83. The number of nitrogens with zero attached hydrogens (tertiary/aromatic N) is 3. The minimum Gasteiger partial charge on any atom is -0.321 e. The van der Waals surface area contributed by atoms with Crippen LogP contribution in [0.5, 0.6) is 0 Å². The molecule has 5 nitrogen and oxygen atoms in total. The van der Waals surface area contributed by atoms with Crippen molar-refractivity contribution in [1.82, 2.24) is 14.6 Å². The Labute approximate surface area is 182 Å². The van der Waals surface area contributed by atoms with E-state index in [1.807, 2.05) is 6.92 Å². The molecule has 0 saturated heterocycles. The summed E-state index contributed by atoms with van der Waals surface area (Å²) in [5.41, 5.74) is -1.63. The van der Waals surface area contributed by atoms with Gasteiger partial charge in [0.1, 0.15) is 0 Å². The summed E-state index contributed by atoms with van der Waals surface area (Å²) in [4.78, 5) is 16.7. The Kier molecular flexibility index (Phi) is 5.35. The largest absolute Gasteiger partial charge is 0.433 e. The van der Waals surface area contributed by atoms with Gasteiger partial charge in [-0.25, -0.2) is 9.50 Å². The maximum atomic E-state index is 13.7. The number of carbonyl (C=O) groups excluding carboxylic acids is 1. The molecule has 33 heavy (non-hydrogen) atoms. The molecule has 0 radical (unpaired) electrons. The molecule has 4 rings (SSSR count). The number of hydrogen-bond donors (Lipinski definition) is 1. The van der Waals surface area contributed by atoms with E-state index in [1.54, 1.807) is 24.3 Å². The summed E-state index contributed by atoms with van der Waals surface area (Å²) in [5.74, 6) is -0.982. The molecule has 0 aliphatic carbocycles.